The van der Waals surface area contributed by atoms with Crippen molar-refractivity contribution >= 4 is 43.8 Å². The van der Waals surface area contributed by atoms with Crippen LogP contribution in [0.15, 0.2) is 74.5 Å². The van der Waals surface area contributed by atoms with Crippen LogP contribution in [0.1, 0.15) is 10.4 Å². The molecule has 4 aromatic rings. The minimum absolute atomic E-state index is 0.168. The van der Waals surface area contributed by atoms with Gasteiger partial charge in [-0.15, -0.1) is 0 Å². The fourth-order valence-electron chi connectivity index (χ4n) is 2.55. The Morgan fingerprint density at radius 2 is 1.88 bits per heavy atom. The molecule has 5 nitrogen and oxygen atoms in total. The summed E-state index contributed by atoms with van der Waals surface area (Å²) in [4.78, 5) is 28.8. The Morgan fingerprint density at radius 3 is 2.76 bits per heavy atom. The van der Waals surface area contributed by atoms with Crippen LogP contribution >= 0.6 is 15.9 Å². The molecule has 0 unspecified atom stereocenters. The van der Waals surface area contributed by atoms with E-state index in [0.29, 0.717) is 16.5 Å². The van der Waals surface area contributed by atoms with Gasteiger partial charge in [-0.2, -0.15) is 0 Å². The number of halogens is 1. The van der Waals surface area contributed by atoms with Crippen molar-refractivity contribution in [3.05, 3.63) is 81.3 Å². The molecule has 0 amide bonds. The van der Waals surface area contributed by atoms with E-state index in [1.807, 2.05) is 12.1 Å². The molecule has 122 valence electrons. The molecule has 0 saturated carbocycles. The Bertz CT molecular complexity index is 1180. The van der Waals surface area contributed by atoms with Gasteiger partial charge in [0, 0.05) is 21.4 Å². The highest BCUT2D eigenvalue weighted by Crippen LogP contribution is 2.24. The number of hydrogen-bond acceptors (Lipinski definition) is 5. The topological polar surface area (TPSA) is 69.4 Å². The van der Waals surface area contributed by atoms with Gasteiger partial charge in [-0.3, -0.25) is 4.98 Å². The molecule has 0 fully saturated rings. The zero-order chi connectivity index (χ0) is 17.4. The summed E-state index contributed by atoms with van der Waals surface area (Å²) in [5.74, 6) is -0.495. The number of pyridine rings is 1. The third-order valence-corrected chi connectivity index (χ3v) is 4.21. The molecule has 2 aromatic carbocycles. The minimum Gasteiger partial charge on any atom is -0.422 e. The molecule has 0 bridgehead atoms. The average molecular weight is 396 g/mol. The zero-order valence-electron chi connectivity index (χ0n) is 12.7. The number of hydrogen-bond donors (Lipinski definition) is 0. The summed E-state index contributed by atoms with van der Waals surface area (Å²) in [7, 11) is 0. The fourth-order valence-corrected chi connectivity index (χ4v) is 2.93. The third-order valence-electron chi connectivity index (χ3n) is 3.71. The molecule has 0 aliphatic carbocycles. The maximum atomic E-state index is 12.5. The van der Waals surface area contributed by atoms with E-state index in [2.05, 4.69) is 20.9 Å². The van der Waals surface area contributed by atoms with Gasteiger partial charge in [0.05, 0.1) is 0 Å². The van der Waals surface area contributed by atoms with Crippen LogP contribution in [0.25, 0.3) is 21.9 Å². The highest BCUT2D eigenvalue weighted by atomic mass is 79.9. The molecule has 0 atom stereocenters. The van der Waals surface area contributed by atoms with Crippen molar-refractivity contribution < 1.29 is 13.9 Å². The molecule has 0 aliphatic rings. The first-order valence-electron chi connectivity index (χ1n) is 7.41. The van der Waals surface area contributed by atoms with Gasteiger partial charge < -0.3 is 9.15 Å². The van der Waals surface area contributed by atoms with Crippen LogP contribution in [0.2, 0.25) is 0 Å². The molecule has 25 heavy (non-hydrogen) atoms. The molecule has 4 rings (SSSR count). The van der Waals surface area contributed by atoms with Gasteiger partial charge in [0.15, 0.2) is 5.75 Å². The van der Waals surface area contributed by atoms with Crippen LogP contribution in [-0.2, 0) is 0 Å². The first-order valence-corrected chi connectivity index (χ1v) is 8.20. The van der Waals surface area contributed by atoms with Gasteiger partial charge in [0.1, 0.15) is 16.7 Å². The molecular formula is C19H10BrNO4. The number of benzene rings is 2. The monoisotopic (exact) mass is 395 g/mol. The maximum absolute atomic E-state index is 12.5. The summed E-state index contributed by atoms with van der Waals surface area (Å²) in [6.45, 7) is 0. The van der Waals surface area contributed by atoms with Gasteiger partial charge in [0.2, 0.25) is 0 Å². The zero-order valence-corrected chi connectivity index (χ0v) is 14.3. The predicted octanol–water partition coefficient (Wildman–Crippen LogP) is 4.32. The normalized spacial score (nSPS) is 10.9. The Kier molecular flexibility index (Phi) is 3.82. The molecule has 0 aliphatic heterocycles. The second-order valence-corrected chi connectivity index (χ2v) is 6.27. The Labute approximate surface area is 150 Å². The van der Waals surface area contributed by atoms with Gasteiger partial charge in [-0.25, -0.2) is 9.59 Å². The van der Waals surface area contributed by atoms with E-state index in [1.165, 1.54) is 6.07 Å². The molecule has 0 N–H and O–H groups in total. The number of carbonyl (C=O) groups is 1. The van der Waals surface area contributed by atoms with E-state index in [4.69, 9.17) is 9.15 Å². The molecule has 0 radical (unpaired) electrons. The maximum Gasteiger partial charge on any atom is 0.351 e. The molecular weight excluding hydrogens is 386 g/mol. The fraction of sp³-hybridized carbons (Fsp3) is 0. The smallest absolute Gasteiger partial charge is 0.351 e. The van der Waals surface area contributed by atoms with Crippen molar-refractivity contribution in [2.45, 2.75) is 0 Å². The number of aromatic nitrogens is 1. The van der Waals surface area contributed by atoms with Gasteiger partial charge in [0.25, 0.3) is 0 Å². The van der Waals surface area contributed by atoms with E-state index >= 15 is 0 Å². The number of fused-ring (bicyclic) bond motifs is 2. The van der Waals surface area contributed by atoms with Crippen LogP contribution in [0.5, 0.6) is 5.75 Å². The number of esters is 1. The Morgan fingerprint density at radius 1 is 1.04 bits per heavy atom. The van der Waals surface area contributed by atoms with E-state index < -0.39 is 11.6 Å². The minimum atomic E-state index is -0.784. The number of carbonyl (C=O) groups excluding carboxylic acids is 1. The quantitative estimate of drug-likeness (QED) is 0.287. The van der Waals surface area contributed by atoms with E-state index in [-0.39, 0.29) is 11.3 Å². The van der Waals surface area contributed by atoms with Gasteiger partial charge in [-0.05, 0) is 36.4 Å². The standard InChI is InChI=1S/C19H10BrNO4/c20-13-6-7-15-12(9-13)10-14(18(22)24-15)19(23)25-16-5-1-3-11-4-2-8-21-17(11)16/h1-10H. The lowest BCUT2D eigenvalue weighted by Gasteiger charge is -2.07. The lowest BCUT2D eigenvalue weighted by Crippen LogP contribution is -2.18. The van der Waals surface area contributed by atoms with Crippen LogP contribution < -0.4 is 10.4 Å². The van der Waals surface area contributed by atoms with Crippen LogP contribution in [-0.4, -0.2) is 11.0 Å². The lowest BCUT2D eigenvalue weighted by atomic mass is 10.2. The van der Waals surface area contributed by atoms with Gasteiger partial charge >= 0.3 is 11.6 Å². The van der Waals surface area contributed by atoms with Crippen molar-refractivity contribution in [1.29, 1.82) is 0 Å². The number of ether oxygens (including phenoxy) is 1. The summed E-state index contributed by atoms with van der Waals surface area (Å²) < 4.78 is 11.4. The highest BCUT2D eigenvalue weighted by molar-refractivity contribution is 9.10. The molecule has 0 spiro atoms. The number of rotatable bonds is 2. The Balaban J connectivity index is 1.77. The van der Waals surface area contributed by atoms with E-state index in [0.717, 1.165) is 9.86 Å². The predicted molar refractivity (Wildman–Crippen MR) is 96.9 cm³/mol. The first kappa shape index (κ1) is 15.5. The van der Waals surface area contributed by atoms with Crippen LogP contribution in [0.3, 0.4) is 0 Å². The summed E-state index contributed by atoms with van der Waals surface area (Å²) in [6, 6.07) is 15.5. The van der Waals surface area contributed by atoms with Crippen molar-refractivity contribution in [2.24, 2.45) is 0 Å². The van der Waals surface area contributed by atoms with Crippen molar-refractivity contribution in [1.82, 2.24) is 4.98 Å². The number of para-hydroxylation sites is 1. The highest BCUT2D eigenvalue weighted by Gasteiger charge is 2.17. The molecule has 6 heteroatoms. The second kappa shape index (κ2) is 6.14. The summed E-state index contributed by atoms with van der Waals surface area (Å²) in [5, 5.41) is 1.46. The van der Waals surface area contributed by atoms with Crippen molar-refractivity contribution in [2.75, 3.05) is 0 Å². The van der Waals surface area contributed by atoms with Crippen molar-refractivity contribution in [3.8, 4) is 5.75 Å². The van der Waals surface area contributed by atoms with Crippen LogP contribution in [0, 0.1) is 0 Å². The summed E-state index contributed by atoms with van der Waals surface area (Å²) >= 11 is 3.35. The SMILES string of the molecule is O=C(Oc1cccc2cccnc12)c1cc2cc(Br)ccc2oc1=O. The van der Waals surface area contributed by atoms with Crippen molar-refractivity contribution in [3.63, 3.8) is 0 Å². The third kappa shape index (κ3) is 2.92. The van der Waals surface area contributed by atoms with Gasteiger partial charge in [-0.1, -0.05) is 34.1 Å². The molecule has 0 saturated heterocycles. The summed E-state index contributed by atoms with van der Waals surface area (Å²) in [6.07, 6.45) is 1.61. The Hall–Kier alpha value is -2.99. The van der Waals surface area contributed by atoms with E-state index in [9.17, 15) is 9.59 Å². The van der Waals surface area contributed by atoms with E-state index in [1.54, 1.807) is 42.6 Å². The molecule has 2 heterocycles. The largest absolute Gasteiger partial charge is 0.422 e. The average Bonchev–Trinajstić information content (AvgIpc) is 2.62. The lowest BCUT2D eigenvalue weighted by molar-refractivity contribution is 0.0732. The first-order chi connectivity index (χ1) is 12.1. The molecule has 2 aromatic heterocycles. The van der Waals surface area contributed by atoms with Crippen LogP contribution in [0.4, 0.5) is 0 Å². The summed E-state index contributed by atoms with van der Waals surface area (Å²) in [5.41, 5.74) is 0.0365. The second-order valence-electron chi connectivity index (χ2n) is 5.35. The number of nitrogens with zero attached hydrogens (tertiary/aromatic N) is 1.